The highest BCUT2D eigenvalue weighted by atomic mass is 19.4. The summed E-state index contributed by atoms with van der Waals surface area (Å²) in [6.07, 6.45) is -0.386. The first kappa shape index (κ1) is 31.7. The number of carboxylic acids is 1. The number of benzene rings is 3. The second-order valence-electron chi connectivity index (χ2n) is 10.3. The molecule has 0 aromatic heterocycles. The molecule has 0 bridgehead atoms. The van der Waals surface area contributed by atoms with Crippen LogP contribution in [0.1, 0.15) is 36.0 Å². The number of likely N-dealkylation sites (tertiary alicyclic amines) is 1. The molecule has 0 unspecified atom stereocenters. The molecule has 1 heterocycles. The Morgan fingerprint density at radius 3 is 2.07 bits per heavy atom. The molecule has 6 nitrogen and oxygen atoms in total. The number of carbonyl (C=O) groups is 2. The van der Waals surface area contributed by atoms with Crippen LogP contribution < -0.4 is 5.32 Å². The van der Waals surface area contributed by atoms with Gasteiger partial charge in [0.05, 0.1) is 0 Å². The normalized spacial score (nSPS) is 14.0. The van der Waals surface area contributed by atoms with Crippen LogP contribution in [0.15, 0.2) is 84.9 Å². The van der Waals surface area contributed by atoms with Crippen LogP contribution in [-0.2, 0) is 17.8 Å². The summed E-state index contributed by atoms with van der Waals surface area (Å²) in [5.74, 6) is -1.97. The molecule has 1 fully saturated rings. The van der Waals surface area contributed by atoms with Crippen LogP contribution in [0.25, 0.3) is 0 Å². The summed E-state index contributed by atoms with van der Waals surface area (Å²) in [4.78, 5) is 26.5. The number of carboxylic acid groups (broad SMARTS) is 1. The molecule has 0 aliphatic carbocycles. The van der Waals surface area contributed by atoms with Gasteiger partial charge in [-0.25, -0.2) is 9.59 Å². The third-order valence-corrected chi connectivity index (χ3v) is 6.99. The zero-order valence-corrected chi connectivity index (χ0v) is 23.3. The third-order valence-electron chi connectivity index (χ3n) is 6.99. The molecule has 220 valence electrons. The van der Waals surface area contributed by atoms with E-state index in [0.29, 0.717) is 6.54 Å². The van der Waals surface area contributed by atoms with Gasteiger partial charge in [0.1, 0.15) is 0 Å². The number of anilines is 1. The number of alkyl halides is 3. The van der Waals surface area contributed by atoms with Crippen LogP contribution in [0.3, 0.4) is 0 Å². The third kappa shape index (κ3) is 11.7. The second kappa shape index (κ2) is 15.8. The highest BCUT2D eigenvalue weighted by Crippen LogP contribution is 2.22. The number of nitrogens with zero attached hydrogens (tertiary/aromatic N) is 2. The van der Waals surface area contributed by atoms with E-state index in [4.69, 9.17) is 9.90 Å². The first-order chi connectivity index (χ1) is 19.6. The maximum atomic E-state index is 13.1. The summed E-state index contributed by atoms with van der Waals surface area (Å²) in [7, 11) is 0. The minimum absolute atomic E-state index is 0.0315. The number of rotatable bonds is 9. The van der Waals surface area contributed by atoms with Crippen LogP contribution in [0, 0.1) is 12.8 Å². The summed E-state index contributed by atoms with van der Waals surface area (Å²) in [5.41, 5.74) is 4.60. The largest absolute Gasteiger partial charge is 0.490 e. The standard InChI is InChI=1S/C30H37N3O.C2HF3O2/c1-25-10-8-15-29(22-25)31-30(34)33(24-28-13-6-3-7-14-28)19-9-18-32-20-16-27(17-21-32)23-26-11-4-2-5-12-26;3-2(4,5)1(6)7/h2-8,10-15,22,27H,9,16-21,23-24H2,1H3,(H,31,34);(H,6,7). The van der Waals surface area contributed by atoms with E-state index in [-0.39, 0.29) is 6.03 Å². The molecule has 3 aromatic rings. The Morgan fingerprint density at radius 2 is 1.51 bits per heavy atom. The van der Waals surface area contributed by atoms with Crippen LogP contribution in [0.2, 0.25) is 0 Å². The van der Waals surface area contributed by atoms with E-state index in [0.717, 1.165) is 55.3 Å². The monoisotopic (exact) mass is 569 g/mol. The number of nitrogens with one attached hydrogen (secondary N) is 1. The van der Waals surface area contributed by atoms with Gasteiger partial charge in [-0.2, -0.15) is 13.2 Å². The van der Waals surface area contributed by atoms with Gasteiger partial charge in [0.25, 0.3) is 0 Å². The van der Waals surface area contributed by atoms with Crippen molar-refractivity contribution in [3.05, 3.63) is 102 Å². The Labute approximate surface area is 239 Å². The van der Waals surface area contributed by atoms with Gasteiger partial charge in [0, 0.05) is 18.8 Å². The fourth-order valence-electron chi connectivity index (χ4n) is 4.83. The van der Waals surface area contributed by atoms with Gasteiger partial charge in [-0.05, 0) is 87.0 Å². The number of halogens is 3. The average molecular weight is 570 g/mol. The van der Waals surface area contributed by atoms with Crippen molar-refractivity contribution < 1.29 is 27.9 Å². The molecule has 0 saturated carbocycles. The summed E-state index contributed by atoms with van der Waals surface area (Å²) < 4.78 is 31.7. The smallest absolute Gasteiger partial charge is 0.475 e. The Hall–Kier alpha value is -3.85. The van der Waals surface area contributed by atoms with Crippen molar-refractivity contribution in [2.45, 2.75) is 45.3 Å². The van der Waals surface area contributed by atoms with Crippen LogP contribution >= 0.6 is 0 Å². The average Bonchev–Trinajstić information content (AvgIpc) is 2.94. The summed E-state index contributed by atoms with van der Waals surface area (Å²) in [6.45, 7) is 6.77. The zero-order chi connectivity index (χ0) is 29.7. The van der Waals surface area contributed by atoms with E-state index in [1.807, 2.05) is 54.3 Å². The minimum atomic E-state index is -5.08. The van der Waals surface area contributed by atoms with Crippen molar-refractivity contribution in [3.63, 3.8) is 0 Å². The Balaban J connectivity index is 0.000000587. The fraction of sp³-hybridized carbons (Fsp3) is 0.375. The Kier molecular flexibility index (Phi) is 12.2. The lowest BCUT2D eigenvalue weighted by atomic mass is 9.90. The van der Waals surface area contributed by atoms with Gasteiger partial charge in [-0.1, -0.05) is 72.8 Å². The number of piperidine rings is 1. The zero-order valence-electron chi connectivity index (χ0n) is 23.3. The van der Waals surface area contributed by atoms with Gasteiger partial charge in [0.15, 0.2) is 0 Å². The molecule has 0 atom stereocenters. The number of urea groups is 1. The number of hydrogen-bond acceptors (Lipinski definition) is 3. The molecule has 3 aromatic carbocycles. The summed E-state index contributed by atoms with van der Waals surface area (Å²) in [6, 6.07) is 29.1. The molecule has 1 saturated heterocycles. The van der Waals surface area contributed by atoms with Crippen molar-refractivity contribution in [2.24, 2.45) is 5.92 Å². The summed E-state index contributed by atoms with van der Waals surface area (Å²) in [5, 5.41) is 10.2. The van der Waals surface area contributed by atoms with E-state index >= 15 is 0 Å². The molecule has 0 radical (unpaired) electrons. The molecule has 2 N–H and O–H groups in total. The highest BCUT2D eigenvalue weighted by Gasteiger charge is 2.38. The molecule has 41 heavy (non-hydrogen) atoms. The maximum Gasteiger partial charge on any atom is 0.490 e. The van der Waals surface area contributed by atoms with Crippen LogP contribution in [-0.4, -0.2) is 59.3 Å². The minimum Gasteiger partial charge on any atom is -0.475 e. The number of aryl methyl sites for hydroxylation is 1. The lowest BCUT2D eigenvalue weighted by Gasteiger charge is -2.32. The fourth-order valence-corrected chi connectivity index (χ4v) is 4.83. The molecule has 1 aliphatic heterocycles. The van der Waals surface area contributed by atoms with Crippen molar-refractivity contribution in [1.82, 2.24) is 9.80 Å². The van der Waals surface area contributed by atoms with Gasteiger partial charge < -0.3 is 20.2 Å². The van der Waals surface area contributed by atoms with Gasteiger partial charge in [-0.3, -0.25) is 0 Å². The quantitative estimate of drug-likeness (QED) is 0.291. The topological polar surface area (TPSA) is 72.9 Å². The lowest BCUT2D eigenvalue weighted by molar-refractivity contribution is -0.192. The van der Waals surface area contributed by atoms with Crippen molar-refractivity contribution in [3.8, 4) is 0 Å². The lowest BCUT2D eigenvalue weighted by Crippen LogP contribution is -2.39. The number of hydrogen-bond donors (Lipinski definition) is 2. The van der Waals surface area contributed by atoms with Crippen LogP contribution in [0.4, 0.5) is 23.7 Å². The Morgan fingerprint density at radius 1 is 0.927 bits per heavy atom. The highest BCUT2D eigenvalue weighted by molar-refractivity contribution is 5.89. The number of aliphatic carboxylic acids is 1. The number of amides is 2. The van der Waals surface area contributed by atoms with Crippen molar-refractivity contribution in [2.75, 3.05) is 31.5 Å². The first-order valence-corrected chi connectivity index (χ1v) is 13.8. The van der Waals surface area contributed by atoms with Crippen molar-refractivity contribution >= 4 is 17.7 Å². The predicted octanol–water partition coefficient (Wildman–Crippen LogP) is 7.01. The van der Waals surface area contributed by atoms with E-state index in [2.05, 4.69) is 52.7 Å². The molecular weight excluding hydrogens is 531 g/mol. The van der Waals surface area contributed by atoms with Gasteiger partial charge in [0.2, 0.25) is 0 Å². The molecule has 0 spiro atoms. The predicted molar refractivity (Wildman–Crippen MR) is 155 cm³/mol. The summed E-state index contributed by atoms with van der Waals surface area (Å²) >= 11 is 0. The van der Waals surface area contributed by atoms with E-state index < -0.39 is 12.1 Å². The first-order valence-electron chi connectivity index (χ1n) is 13.8. The van der Waals surface area contributed by atoms with E-state index in [1.54, 1.807) is 0 Å². The molecule has 2 amide bonds. The van der Waals surface area contributed by atoms with E-state index in [1.165, 1.54) is 24.8 Å². The SMILES string of the molecule is Cc1cccc(NC(=O)N(CCCN2CCC(Cc3ccccc3)CC2)Cc2ccccc2)c1.O=C(O)C(F)(F)F. The number of carbonyl (C=O) groups excluding carboxylic acids is 1. The Bertz CT molecular complexity index is 1210. The van der Waals surface area contributed by atoms with Crippen LogP contribution in [0.5, 0.6) is 0 Å². The molecule has 4 rings (SSSR count). The molecular formula is C32H38F3N3O3. The second-order valence-corrected chi connectivity index (χ2v) is 10.3. The van der Waals surface area contributed by atoms with Crippen molar-refractivity contribution in [1.29, 1.82) is 0 Å². The van der Waals surface area contributed by atoms with Gasteiger partial charge >= 0.3 is 18.2 Å². The van der Waals surface area contributed by atoms with E-state index in [9.17, 15) is 18.0 Å². The maximum absolute atomic E-state index is 13.1. The molecule has 1 aliphatic rings. The van der Waals surface area contributed by atoms with Gasteiger partial charge in [-0.15, -0.1) is 0 Å². The molecule has 9 heteroatoms.